The van der Waals surface area contributed by atoms with Gasteiger partial charge in [-0.3, -0.25) is 24.0 Å². The number of allylic oxidation sites excluding steroid dienone is 2. The molecule has 3 rings (SSSR count). The van der Waals surface area contributed by atoms with E-state index in [0.29, 0.717) is 31.5 Å². The molecule has 1 aliphatic rings. The fourth-order valence-corrected chi connectivity index (χ4v) is 4.82. The van der Waals surface area contributed by atoms with Gasteiger partial charge in [-0.2, -0.15) is 13.2 Å². The van der Waals surface area contributed by atoms with Gasteiger partial charge in [-0.15, -0.1) is 0 Å². The largest absolute Gasteiger partial charge is 0.456 e. The smallest absolute Gasteiger partial charge is 0.449 e. The molecule has 226 valence electrons. The minimum Gasteiger partial charge on any atom is -0.456 e. The van der Waals surface area contributed by atoms with Crippen molar-refractivity contribution in [2.24, 2.45) is 0 Å². The van der Waals surface area contributed by atoms with Gasteiger partial charge < -0.3 is 29.9 Å². The van der Waals surface area contributed by atoms with E-state index >= 15 is 0 Å². The van der Waals surface area contributed by atoms with Crippen LogP contribution in [-0.4, -0.2) is 90.8 Å². The third-order valence-electron chi connectivity index (χ3n) is 7.15. The second-order valence-electron chi connectivity index (χ2n) is 9.89. The molecule has 0 bridgehead atoms. The Bertz CT molecular complexity index is 1500. The summed E-state index contributed by atoms with van der Waals surface area (Å²) in [6, 6.07) is 10.6. The maximum atomic E-state index is 14.2. The van der Waals surface area contributed by atoms with Crippen LogP contribution in [0.15, 0.2) is 54.3 Å². The number of hydrogen-bond acceptors (Lipinski definition) is 11. The van der Waals surface area contributed by atoms with Crippen molar-refractivity contribution in [2.75, 3.05) is 0 Å². The molecule has 0 aromatic heterocycles. The van der Waals surface area contributed by atoms with E-state index in [1.165, 1.54) is 18.2 Å². The molecule has 1 saturated heterocycles. The maximum Gasteiger partial charge on any atom is 0.449 e. The van der Waals surface area contributed by atoms with E-state index in [4.69, 9.17) is 9.47 Å². The number of ether oxygens (including phenoxy) is 2. The predicted molar refractivity (Wildman–Crippen MR) is 136 cm³/mol. The van der Waals surface area contributed by atoms with Crippen molar-refractivity contribution in [2.45, 2.75) is 69.2 Å². The molecule has 42 heavy (non-hydrogen) atoms. The van der Waals surface area contributed by atoms with Crippen LogP contribution in [0.25, 0.3) is 10.8 Å². The van der Waals surface area contributed by atoms with Crippen LogP contribution in [0.1, 0.15) is 38.1 Å². The molecule has 0 amide bonds. The van der Waals surface area contributed by atoms with Gasteiger partial charge in [-0.1, -0.05) is 36.4 Å². The number of aliphatic hydroxyl groups is 4. The molecule has 1 unspecified atom stereocenters. The summed E-state index contributed by atoms with van der Waals surface area (Å²) in [7, 11) is 0. The summed E-state index contributed by atoms with van der Waals surface area (Å²) in [4.78, 5) is 63.7. The van der Waals surface area contributed by atoms with E-state index in [0.717, 1.165) is 6.92 Å². The van der Waals surface area contributed by atoms with Crippen molar-refractivity contribution < 1.29 is 67.0 Å². The molecule has 1 fully saturated rings. The molecule has 14 heteroatoms. The van der Waals surface area contributed by atoms with Gasteiger partial charge in [0.15, 0.2) is 40.6 Å². The van der Waals surface area contributed by atoms with Gasteiger partial charge in [-0.05, 0) is 44.5 Å². The molecule has 2 aromatic carbocycles. The lowest BCUT2D eigenvalue weighted by atomic mass is 9.60. The van der Waals surface area contributed by atoms with Crippen LogP contribution in [0.4, 0.5) is 13.2 Å². The van der Waals surface area contributed by atoms with Crippen molar-refractivity contribution in [3.05, 3.63) is 59.9 Å². The molecule has 0 aliphatic carbocycles. The first kappa shape index (κ1) is 32.7. The van der Waals surface area contributed by atoms with Crippen LogP contribution in [0, 0.1) is 0 Å². The quantitative estimate of drug-likeness (QED) is 0.185. The van der Waals surface area contributed by atoms with Crippen LogP contribution >= 0.6 is 0 Å². The Morgan fingerprint density at radius 1 is 0.905 bits per heavy atom. The lowest BCUT2D eigenvalue weighted by molar-refractivity contribution is -0.358. The van der Waals surface area contributed by atoms with E-state index in [1.807, 2.05) is 0 Å². The molecule has 0 saturated carbocycles. The number of ketones is 5. The molecule has 1 heterocycles. The minimum absolute atomic E-state index is 0.0574. The summed E-state index contributed by atoms with van der Waals surface area (Å²) in [6.45, 7) is 2.29. The standard InChI is InChI=1S/C28H27F3O11/c1-13(32)22(37)23-25(38,14(2)33)27(40,16(4)35)26(39,15(3)34)24(42-23)41-21(28(29,30)31)12-20(36)19-10-9-17-7-5-6-8-18(17)11-19/h5-13,23-24,32,38-40H,1-4H3/t13?,23-,24-,25+,26+,27+/m1/s1. The molecule has 0 radical (unpaired) electrons. The number of carbonyl (C=O) groups is 5. The minimum atomic E-state index is -5.54. The van der Waals surface area contributed by atoms with Gasteiger partial charge in [0.05, 0.1) is 0 Å². The van der Waals surface area contributed by atoms with E-state index in [2.05, 4.69) is 0 Å². The summed E-state index contributed by atoms with van der Waals surface area (Å²) in [5.74, 6) is -10.2. The SMILES string of the molecule is CC(=O)[C@@]1(O)[C@](O)(C(C)=O)[C@H](OC(=CC(=O)c2ccc3ccccc3c2)C(F)(F)F)O[C@H](C(=O)C(C)O)[C@@]1(O)C(C)=O. The first-order valence-corrected chi connectivity index (χ1v) is 12.3. The highest BCUT2D eigenvalue weighted by atomic mass is 19.4. The Morgan fingerprint density at radius 3 is 1.93 bits per heavy atom. The fraction of sp³-hybridized carbons (Fsp3) is 0.393. The summed E-state index contributed by atoms with van der Waals surface area (Å²) in [6.07, 6.45) is -13.7. The Kier molecular flexibility index (Phi) is 8.65. The maximum absolute atomic E-state index is 14.2. The van der Waals surface area contributed by atoms with E-state index < -0.39 is 76.2 Å². The van der Waals surface area contributed by atoms with E-state index in [1.54, 1.807) is 24.3 Å². The predicted octanol–water partition coefficient (Wildman–Crippen LogP) is 1.12. The molecule has 1 aliphatic heterocycles. The van der Waals surface area contributed by atoms with Crippen LogP contribution in [-0.2, 0) is 28.7 Å². The number of carbonyl (C=O) groups excluding carboxylic acids is 5. The monoisotopic (exact) mass is 596 g/mol. The van der Waals surface area contributed by atoms with Crippen LogP contribution in [0.3, 0.4) is 0 Å². The average molecular weight is 597 g/mol. The Hall–Kier alpha value is -3.82. The number of hydrogen-bond donors (Lipinski definition) is 4. The zero-order chi connectivity index (χ0) is 32.0. The zero-order valence-corrected chi connectivity index (χ0v) is 22.6. The van der Waals surface area contributed by atoms with Gasteiger partial charge in [0.2, 0.25) is 23.3 Å². The zero-order valence-electron chi connectivity index (χ0n) is 22.6. The third kappa shape index (κ3) is 5.05. The van der Waals surface area contributed by atoms with Crippen molar-refractivity contribution in [3.8, 4) is 0 Å². The Labute approximate surface area is 236 Å². The van der Waals surface area contributed by atoms with Crippen LogP contribution < -0.4 is 0 Å². The molecular weight excluding hydrogens is 569 g/mol. The fourth-order valence-electron chi connectivity index (χ4n) is 4.82. The van der Waals surface area contributed by atoms with Gasteiger partial charge in [0.25, 0.3) is 0 Å². The van der Waals surface area contributed by atoms with Crippen LogP contribution in [0.2, 0.25) is 0 Å². The number of benzene rings is 2. The van der Waals surface area contributed by atoms with Crippen molar-refractivity contribution in [1.29, 1.82) is 0 Å². The van der Waals surface area contributed by atoms with Gasteiger partial charge in [0, 0.05) is 11.6 Å². The highest BCUT2D eigenvalue weighted by Gasteiger charge is 2.80. The molecule has 11 nitrogen and oxygen atoms in total. The number of Topliss-reactive ketones (excluding diaryl/α,β-unsaturated/α-hetero) is 4. The van der Waals surface area contributed by atoms with Crippen LogP contribution in [0.5, 0.6) is 0 Å². The molecular formula is C28H27F3O11. The average Bonchev–Trinajstić information content (AvgIpc) is 2.90. The Morgan fingerprint density at radius 2 is 1.45 bits per heavy atom. The first-order chi connectivity index (χ1) is 19.2. The third-order valence-corrected chi connectivity index (χ3v) is 7.15. The number of alkyl halides is 3. The molecule has 0 spiro atoms. The number of aliphatic hydroxyl groups excluding tert-OH is 1. The summed E-state index contributed by atoms with van der Waals surface area (Å²) >= 11 is 0. The van der Waals surface area contributed by atoms with Gasteiger partial charge in [-0.25, -0.2) is 0 Å². The normalized spacial score (nSPS) is 29.1. The summed E-state index contributed by atoms with van der Waals surface area (Å²) < 4.78 is 52.3. The van der Waals surface area contributed by atoms with Crippen molar-refractivity contribution in [1.82, 2.24) is 0 Å². The highest BCUT2D eigenvalue weighted by molar-refractivity contribution is 6.09. The first-order valence-electron chi connectivity index (χ1n) is 12.3. The van der Waals surface area contributed by atoms with E-state index in [-0.39, 0.29) is 11.6 Å². The van der Waals surface area contributed by atoms with Crippen molar-refractivity contribution >= 4 is 39.7 Å². The highest BCUT2D eigenvalue weighted by Crippen LogP contribution is 2.48. The second kappa shape index (κ2) is 11.1. The number of rotatable bonds is 9. The van der Waals surface area contributed by atoms with Gasteiger partial charge >= 0.3 is 6.18 Å². The van der Waals surface area contributed by atoms with E-state index in [9.17, 15) is 57.6 Å². The molecule has 2 aromatic rings. The number of halogens is 3. The van der Waals surface area contributed by atoms with Crippen molar-refractivity contribution in [3.63, 3.8) is 0 Å². The molecule has 4 N–H and O–H groups in total. The summed E-state index contributed by atoms with van der Waals surface area (Å²) in [5, 5.41) is 45.0. The van der Waals surface area contributed by atoms with Gasteiger partial charge in [0.1, 0.15) is 6.10 Å². The molecule has 6 atom stereocenters. The number of fused-ring (bicyclic) bond motifs is 1. The lowest BCUT2D eigenvalue weighted by Crippen LogP contribution is -2.87. The lowest BCUT2D eigenvalue weighted by Gasteiger charge is -2.56. The second-order valence-corrected chi connectivity index (χ2v) is 9.89. The summed E-state index contributed by atoms with van der Waals surface area (Å²) in [5.41, 5.74) is -12.0. The Balaban J connectivity index is 2.23. The topological polar surface area (TPSA) is 185 Å².